The lowest BCUT2D eigenvalue weighted by Gasteiger charge is -2.34. The topological polar surface area (TPSA) is 111 Å². The molecule has 0 unspecified atom stereocenters. The smallest absolute Gasteiger partial charge is 0.232 e. The second-order valence-electron chi connectivity index (χ2n) is 5.50. The van der Waals surface area contributed by atoms with Gasteiger partial charge in [-0.15, -0.1) is 12.4 Å². The van der Waals surface area contributed by atoms with E-state index in [4.69, 9.17) is 10.5 Å². The summed E-state index contributed by atoms with van der Waals surface area (Å²) >= 11 is 0. The number of carbonyl (C=O) groups excluding carboxylic acids is 1. The molecule has 1 fully saturated rings. The molecule has 2 rings (SSSR count). The lowest BCUT2D eigenvalue weighted by molar-refractivity contribution is -0.130. The molecule has 1 saturated heterocycles. The van der Waals surface area contributed by atoms with Crippen molar-refractivity contribution in [3.05, 3.63) is 24.3 Å². The lowest BCUT2D eigenvalue weighted by Crippen LogP contribution is -2.46. The first-order valence-electron chi connectivity index (χ1n) is 7.02. The van der Waals surface area contributed by atoms with Crippen LogP contribution < -0.4 is 15.8 Å². The minimum atomic E-state index is -3.31. The molecule has 7 nitrogen and oxygen atoms in total. The minimum Gasteiger partial charge on any atom is -0.381 e. The Balaban J connectivity index is 0.00000264. The Bertz CT molecular complexity index is 628. The second-order valence-corrected chi connectivity index (χ2v) is 7.25. The normalized spacial score (nSPS) is 17.0. The number of nitrogens with one attached hydrogen (secondary N) is 2. The van der Waals surface area contributed by atoms with Crippen LogP contribution in [0.2, 0.25) is 0 Å². The average molecular weight is 364 g/mol. The van der Waals surface area contributed by atoms with E-state index in [0.29, 0.717) is 37.4 Å². The molecule has 1 aromatic rings. The Morgan fingerprint density at radius 3 is 2.22 bits per heavy atom. The first-order chi connectivity index (χ1) is 10.3. The predicted octanol–water partition coefficient (Wildman–Crippen LogP) is 1.17. The molecular weight excluding hydrogens is 342 g/mol. The predicted molar refractivity (Wildman–Crippen MR) is 92.3 cm³/mol. The highest BCUT2D eigenvalue weighted by atomic mass is 35.5. The van der Waals surface area contributed by atoms with Crippen LogP contribution >= 0.6 is 12.4 Å². The van der Waals surface area contributed by atoms with Crippen molar-refractivity contribution in [1.29, 1.82) is 0 Å². The van der Waals surface area contributed by atoms with Gasteiger partial charge in [-0.3, -0.25) is 9.52 Å². The standard InChI is InChI=1S/C14H21N3O4S.ClH/c1-22(19,20)17-12-4-2-11(3-5-12)16-13(18)14(10-15)6-8-21-9-7-14;/h2-5,17H,6-10,15H2,1H3,(H,16,18);1H. The van der Waals surface area contributed by atoms with Gasteiger partial charge in [0.05, 0.1) is 11.7 Å². The van der Waals surface area contributed by atoms with E-state index >= 15 is 0 Å². The van der Waals surface area contributed by atoms with Crippen LogP contribution in [-0.2, 0) is 19.6 Å². The molecule has 0 aromatic heterocycles. The summed E-state index contributed by atoms with van der Waals surface area (Å²) in [7, 11) is -3.31. The van der Waals surface area contributed by atoms with E-state index in [1.807, 2.05) is 0 Å². The van der Waals surface area contributed by atoms with E-state index in [1.165, 1.54) is 0 Å². The molecular formula is C14H22ClN3O4S. The highest BCUT2D eigenvalue weighted by Gasteiger charge is 2.38. The van der Waals surface area contributed by atoms with Crippen molar-refractivity contribution in [3.63, 3.8) is 0 Å². The van der Waals surface area contributed by atoms with Gasteiger partial charge in [-0.2, -0.15) is 0 Å². The Hall–Kier alpha value is -1.35. The Labute approximate surface area is 142 Å². The zero-order chi connectivity index (χ0) is 16.2. The first-order valence-corrected chi connectivity index (χ1v) is 8.91. The number of nitrogens with two attached hydrogens (primary N) is 1. The van der Waals surface area contributed by atoms with Crippen LogP contribution in [0.5, 0.6) is 0 Å². The molecule has 1 aromatic carbocycles. The molecule has 9 heteroatoms. The molecule has 0 atom stereocenters. The highest BCUT2D eigenvalue weighted by molar-refractivity contribution is 7.92. The van der Waals surface area contributed by atoms with Crippen molar-refractivity contribution in [1.82, 2.24) is 0 Å². The van der Waals surface area contributed by atoms with Crippen LogP contribution in [0, 0.1) is 5.41 Å². The number of carbonyl (C=O) groups is 1. The largest absolute Gasteiger partial charge is 0.381 e. The van der Waals surface area contributed by atoms with Crippen LogP contribution in [-0.4, -0.2) is 40.3 Å². The van der Waals surface area contributed by atoms with E-state index in [-0.39, 0.29) is 24.9 Å². The van der Waals surface area contributed by atoms with Gasteiger partial charge in [0.25, 0.3) is 0 Å². The van der Waals surface area contributed by atoms with Gasteiger partial charge in [-0.25, -0.2) is 8.42 Å². The summed E-state index contributed by atoms with van der Waals surface area (Å²) in [6.07, 6.45) is 2.28. The maximum absolute atomic E-state index is 12.5. The molecule has 23 heavy (non-hydrogen) atoms. The summed E-state index contributed by atoms with van der Waals surface area (Å²) in [5.74, 6) is -0.123. The third-order valence-corrected chi connectivity index (χ3v) is 4.37. The molecule has 1 aliphatic rings. The molecule has 0 radical (unpaired) electrons. The van der Waals surface area contributed by atoms with Crippen LogP contribution in [0.25, 0.3) is 0 Å². The van der Waals surface area contributed by atoms with Crippen molar-refractivity contribution in [2.45, 2.75) is 12.8 Å². The monoisotopic (exact) mass is 363 g/mol. The number of sulfonamides is 1. The van der Waals surface area contributed by atoms with Gasteiger partial charge in [0, 0.05) is 31.1 Å². The fourth-order valence-electron chi connectivity index (χ4n) is 2.39. The number of anilines is 2. The lowest BCUT2D eigenvalue weighted by atomic mass is 9.79. The van der Waals surface area contributed by atoms with Gasteiger partial charge in [-0.1, -0.05) is 0 Å². The Morgan fingerprint density at radius 1 is 1.22 bits per heavy atom. The average Bonchev–Trinajstić information content (AvgIpc) is 2.48. The van der Waals surface area contributed by atoms with Crippen LogP contribution in [0.4, 0.5) is 11.4 Å². The Morgan fingerprint density at radius 2 is 1.74 bits per heavy atom. The van der Waals surface area contributed by atoms with E-state index < -0.39 is 15.4 Å². The first kappa shape index (κ1) is 19.7. The molecule has 4 N–H and O–H groups in total. The summed E-state index contributed by atoms with van der Waals surface area (Å²) in [6.45, 7) is 1.33. The molecule has 0 bridgehead atoms. The molecule has 1 amide bonds. The van der Waals surface area contributed by atoms with Crippen molar-refractivity contribution in [2.24, 2.45) is 11.1 Å². The van der Waals surface area contributed by atoms with Gasteiger partial charge in [-0.05, 0) is 37.1 Å². The van der Waals surface area contributed by atoms with Crippen molar-refractivity contribution in [3.8, 4) is 0 Å². The third kappa shape index (κ3) is 5.35. The molecule has 0 saturated carbocycles. The number of rotatable bonds is 5. The van der Waals surface area contributed by atoms with Crippen molar-refractivity contribution >= 4 is 39.7 Å². The summed E-state index contributed by atoms with van der Waals surface area (Å²) in [5, 5.41) is 2.84. The van der Waals surface area contributed by atoms with Gasteiger partial charge in [0.1, 0.15) is 0 Å². The van der Waals surface area contributed by atoms with E-state index in [9.17, 15) is 13.2 Å². The number of benzene rings is 1. The number of ether oxygens (including phenoxy) is 1. The van der Waals surface area contributed by atoms with Gasteiger partial charge < -0.3 is 15.8 Å². The van der Waals surface area contributed by atoms with Gasteiger partial charge in [0.2, 0.25) is 15.9 Å². The molecule has 1 aliphatic heterocycles. The number of hydrogen-bond acceptors (Lipinski definition) is 5. The molecule has 0 aliphatic carbocycles. The molecule has 1 heterocycles. The van der Waals surface area contributed by atoms with E-state index in [0.717, 1.165) is 6.26 Å². The van der Waals surface area contributed by atoms with Crippen LogP contribution in [0.3, 0.4) is 0 Å². The fourth-order valence-corrected chi connectivity index (χ4v) is 2.95. The summed E-state index contributed by atoms with van der Waals surface area (Å²) in [6, 6.07) is 6.48. The number of halogens is 1. The second kappa shape index (κ2) is 7.96. The third-order valence-electron chi connectivity index (χ3n) is 3.77. The minimum absolute atomic E-state index is 0. The van der Waals surface area contributed by atoms with Gasteiger partial charge >= 0.3 is 0 Å². The fraction of sp³-hybridized carbons (Fsp3) is 0.500. The van der Waals surface area contributed by atoms with E-state index in [1.54, 1.807) is 24.3 Å². The molecule has 130 valence electrons. The zero-order valence-electron chi connectivity index (χ0n) is 12.9. The quantitative estimate of drug-likeness (QED) is 0.727. The SMILES string of the molecule is CS(=O)(=O)Nc1ccc(NC(=O)C2(CN)CCOCC2)cc1.Cl. The van der Waals surface area contributed by atoms with Crippen LogP contribution in [0.1, 0.15) is 12.8 Å². The van der Waals surface area contributed by atoms with Crippen LogP contribution in [0.15, 0.2) is 24.3 Å². The maximum Gasteiger partial charge on any atom is 0.232 e. The highest BCUT2D eigenvalue weighted by Crippen LogP contribution is 2.31. The Kier molecular flexibility index (Phi) is 6.82. The summed E-state index contributed by atoms with van der Waals surface area (Å²) in [4.78, 5) is 12.5. The number of hydrogen-bond donors (Lipinski definition) is 3. The van der Waals surface area contributed by atoms with E-state index in [2.05, 4.69) is 10.0 Å². The summed E-state index contributed by atoms with van der Waals surface area (Å²) < 4.78 is 29.9. The maximum atomic E-state index is 12.5. The van der Waals surface area contributed by atoms with Crippen molar-refractivity contribution < 1.29 is 17.9 Å². The van der Waals surface area contributed by atoms with Crippen molar-refractivity contribution in [2.75, 3.05) is 36.1 Å². The van der Waals surface area contributed by atoms with Gasteiger partial charge in [0.15, 0.2) is 0 Å². The number of amides is 1. The zero-order valence-corrected chi connectivity index (χ0v) is 14.5. The summed E-state index contributed by atoms with van der Waals surface area (Å²) in [5.41, 5.74) is 6.24. The molecule has 0 spiro atoms.